The first-order valence-electron chi connectivity index (χ1n) is 10.0. The van der Waals surface area contributed by atoms with Crippen LogP contribution in [0.4, 0.5) is 0 Å². The van der Waals surface area contributed by atoms with Crippen LogP contribution in [0, 0.1) is 0 Å². The van der Waals surface area contributed by atoms with Gasteiger partial charge in [0.2, 0.25) is 5.76 Å². The Morgan fingerprint density at radius 2 is 1.97 bits per heavy atom. The van der Waals surface area contributed by atoms with Crippen molar-refractivity contribution in [2.45, 2.75) is 6.04 Å². The molecular formula is C24H25N2O4+. The van der Waals surface area contributed by atoms with Crippen LogP contribution >= 0.6 is 0 Å². The fraction of sp³-hybridized carbons (Fsp3) is 0.250. The minimum Gasteiger partial charge on any atom is -0.490 e. The van der Waals surface area contributed by atoms with Crippen molar-refractivity contribution >= 4 is 16.9 Å². The molecule has 1 aliphatic heterocycles. The van der Waals surface area contributed by atoms with E-state index in [2.05, 4.69) is 6.58 Å². The van der Waals surface area contributed by atoms with E-state index in [-0.39, 0.29) is 17.1 Å². The average molecular weight is 405 g/mol. The zero-order chi connectivity index (χ0) is 21.3. The molecule has 0 fully saturated rings. The lowest BCUT2D eigenvalue weighted by molar-refractivity contribution is -0.857. The number of para-hydroxylation sites is 1. The minimum atomic E-state index is -0.514. The molecule has 0 saturated heterocycles. The molecule has 1 atom stereocenters. The zero-order valence-corrected chi connectivity index (χ0v) is 17.2. The lowest BCUT2D eigenvalue weighted by Crippen LogP contribution is -3.06. The van der Waals surface area contributed by atoms with Crippen molar-refractivity contribution in [1.82, 2.24) is 4.90 Å². The van der Waals surface area contributed by atoms with E-state index >= 15 is 0 Å². The summed E-state index contributed by atoms with van der Waals surface area (Å²) in [5.41, 5.74) is 1.48. The van der Waals surface area contributed by atoms with Crippen LogP contribution in [0.15, 0.2) is 70.4 Å². The first kappa shape index (κ1) is 19.9. The van der Waals surface area contributed by atoms with E-state index in [1.54, 1.807) is 35.2 Å². The highest BCUT2D eigenvalue weighted by Crippen LogP contribution is 2.38. The molecule has 1 N–H and O–H groups in total. The molecule has 0 saturated carbocycles. The van der Waals surface area contributed by atoms with Gasteiger partial charge in [0.05, 0.1) is 44.2 Å². The summed E-state index contributed by atoms with van der Waals surface area (Å²) in [7, 11) is 4.06. The Bertz CT molecular complexity index is 1170. The zero-order valence-electron chi connectivity index (χ0n) is 17.2. The molecule has 1 aliphatic rings. The highest BCUT2D eigenvalue weighted by molar-refractivity contribution is 5.99. The molecule has 0 radical (unpaired) electrons. The highest BCUT2D eigenvalue weighted by atomic mass is 16.5. The van der Waals surface area contributed by atoms with Gasteiger partial charge in [-0.15, -0.1) is 0 Å². The first-order chi connectivity index (χ1) is 14.5. The van der Waals surface area contributed by atoms with Crippen LogP contribution in [0.5, 0.6) is 5.75 Å². The summed E-state index contributed by atoms with van der Waals surface area (Å²) in [4.78, 5) is 29.6. The number of ether oxygens (including phenoxy) is 1. The van der Waals surface area contributed by atoms with Crippen molar-refractivity contribution in [3.63, 3.8) is 0 Å². The highest BCUT2D eigenvalue weighted by Gasteiger charge is 2.42. The molecule has 2 aromatic carbocycles. The molecule has 1 amide bonds. The van der Waals surface area contributed by atoms with Crippen LogP contribution in [0.2, 0.25) is 0 Å². The van der Waals surface area contributed by atoms with Crippen LogP contribution in [0.1, 0.15) is 27.7 Å². The number of nitrogens with zero attached hydrogens (tertiary/aromatic N) is 1. The molecule has 0 spiro atoms. The number of benzene rings is 2. The summed E-state index contributed by atoms with van der Waals surface area (Å²) in [5.74, 6) is 0.544. The quantitative estimate of drug-likeness (QED) is 0.611. The Balaban J connectivity index is 1.88. The number of amides is 1. The third-order valence-electron chi connectivity index (χ3n) is 5.27. The van der Waals surface area contributed by atoms with Gasteiger partial charge in [0.15, 0.2) is 5.43 Å². The third-order valence-corrected chi connectivity index (χ3v) is 5.27. The number of fused-ring (bicyclic) bond motifs is 2. The normalized spacial score (nSPS) is 15.6. The summed E-state index contributed by atoms with van der Waals surface area (Å²) in [6.07, 6.45) is 1.67. The van der Waals surface area contributed by atoms with Gasteiger partial charge in [-0.1, -0.05) is 36.9 Å². The van der Waals surface area contributed by atoms with Crippen molar-refractivity contribution in [2.75, 3.05) is 33.8 Å². The molecule has 6 heteroatoms. The summed E-state index contributed by atoms with van der Waals surface area (Å²) in [6.45, 7) is 5.30. The number of carbonyl (C=O) groups is 1. The molecule has 0 unspecified atom stereocenters. The van der Waals surface area contributed by atoms with Gasteiger partial charge in [0.25, 0.3) is 5.91 Å². The van der Waals surface area contributed by atoms with Crippen molar-refractivity contribution in [2.24, 2.45) is 0 Å². The maximum absolute atomic E-state index is 13.4. The molecule has 6 nitrogen and oxygen atoms in total. The van der Waals surface area contributed by atoms with E-state index in [0.717, 1.165) is 12.1 Å². The van der Waals surface area contributed by atoms with Crippen LogP contribution in [-0.2, 0) is 0 Å². The van der Waals surface area contributed by atoms with Gasteiger partial charge >= 0.3 is 0 Å². The Morgan fingerprint density at radius 1 is 1.17 bits per heavy atom. The predicted molar refractivity (Wildman–Crippen MR) is 115 cm³/mol. The summed E-state index contributed by atoms with van der Waals surface area (Å²) >= 11 is 0. The molecule has 0 bridgehead atoms. The van der Waals surface area contributed by atoms with Crippen molar-refractivity contribution in [3.05, 3.63) is 88.3 Å². The maximum atomic E-state index is 13.4. The van der Waals surface area contributed by atoms with Crippen molar-refractivity contribution < 1.29 is 18.8 Å². The number of rotatable bonds is 7. The second-order valence-electron chi connectivity index (χ2n) is 7.70. The van der Waals surface area contributed by atoms with E-state index < -0.39 is 6.04 Å². The van der Waals surface area contributed by atoms with Gasteiger partial charge in [-0.25, -0.2) is 0 Å². The van der Waals surface area contributed by atoms with Gasteiger partial charge < -0.3 is 19.0 Å². The first-order valence-corrected chi connectivity index (χ1v) is 10.0. The smallest absolute Gasteiger partial charge is 0.291 e. The summed E-state index contributed by atoms with van der Waals surface area (Å²) in [6, 6.07) is 14.0. The van der Waals surface area contributed by atoms with E-state index in [1.165, 1.54) is 4.90 Å². The van der Waals surface area contributed by atoms with Gasteiger partial charge in [-0.2, -0.15) is 0 Å². The number of quaternary nitrogens is 1. The van der Waals surface area contributed by atoms with Gasteiger partial charge in [-0.05, 0) is 29.8 Å². The molecule has 3 aromatic rings. The van der Waals surface area contributed by atoms with E-state index in [1.807, 2.05) is 38.4 Å². The molecule has 4 rings (SSSR count). The average Bonchev–Trinajstić information content (AvgIpc) is 3.03. The molecular weight excluding hydrogens is 380 g/mol. The Morgan fingerprint density at radius 3 is 2.73 bits per heavy atom. The number of carbonyl (C=O) groups excluding carboxylic acids is 1. The topological polar surface area (TPSA) is 64.2 Å². The minimum absolute atomic E-state index is 0.134. The second kappa shape index (κ2) is 8.16. The largest absolute Gasteiger partial charge is 0.490 e. The second-order valence-corrected chi connectivity index (χ2v) is 7.70. The lowest BCUT2D eigenvalue weighted by atomic mass is 9.98. The van der Waals surface area contributed by atoms with Crippen LogP contribution < -0.4 is 15.1 Å². The Labute approximate surface area is 175 Å². The number of hydrogen-bond donors (Lipinski definition) is 1. The fourth-order valence-electron chi connectivity index (χ4n) is 3.82. The number of hydrogen-bond acceptors (Lipinski definition) is 4. The molecule has 1 aromatic heterocycles. The van der Waals surface area contributed by atoms with Crippen molar-refractivity contribution in [3.8, 4) is 5.75 Å². The summed E-state index contributed by atoms with van der Waals surface area (Å²) in [5, 5.41) is 0.480. The monoisotopic (exact) mass is 405 g/mol. The van der Waals surface area contributed by atoms with Gasteiger partial charge in [-0.3, -0.25) is 9.59 Å². The molecule has 154 valence electrons. The van der Waals surface area contributed by atoms with Crippen LogP contribution in [0.25, 0.3) is 11.0 Å². The predicted octanol–water partition coefficient (Wildman–Crippen LogP) is 2.05. The van der Waals surface area contributed by atoms with Gasteiger partial charge in [0.1, 0.15) is 17.9 Å². The number of nitrogens with one attached hydrogen (secondary N) is 1. The van der Waals surface area contributed by atoms with Crippen LogP contribution in [0.3, 0.4) is 0 Å². The van der Waals surface area contributed by atoms with Crippen LogP contribution in [-0.4, -0.2) is 44.6 Å². The maximum Gasteiger partial charge on any atom is 0.291 e. The SMILES string of the molecule is C=CCOc1cccc([C@@H]2c3c(oc4ccccc4c3=O)C(=O)N2CC[NH+](C)C)c1. The van der Waals surface area contributed by atoms with Crippen molar-refractivity contribution in [1.29, 1.82) is 0 Å². The lowest BCUT2D eigenvalue weighted by Gasteiger charge is -2.25. The standard InChI is InChI=1S/C24H24N2O4/c1-4-14-29-17-9-7-8-16(15-17)21-20-22(27)18-10-5-6-11-19(18)30-23(20)24(28)26(21)13-12-25(2)3/h4-11,15,21H,1,12-14H2,2-3H3/p+1/t21-/m1/s1. The molecule has 0 aliphatic carbocycles. The van der Waals surface area contributed by atoms with E-state index in [0.29, 0.717) is 35.4 Å². The Kier molecular flexibility index (Phi) is 5.42. The third kappa shape index (κ3) is 3.50. The van der Waals surface area contributed by atoms with Gasteiger partial charge in [0, 0.05) is 0 Å². The summed E-state index contributed by atoms with van der Waals surface area (Å²) < 4.78 is 11.6. The van der Waals surface area contributed by atoms with E-state index in [9.17, 15) is 9.59 Å². The number of likely N-dealkylation sites (N-methyl/N-ethyl adjacent to an activating group) is 1. The fourth-order valence-corrected chi connectivity index (χ4v) is 3.82. The molecule has 2 heterocycles. The Hall–Kier alpha value is -3.38. The molecule has 30 heavy (non-hydrogen) atoms. The van der Waals surface area contributed by atoms with E-state index in [4.69, 9.17) is 9.15 Å².